The third-order valence-electron chi connectivity index (χ3n) is 3.81. The summed E-state index contributed by atoms with van der Waals surface area (Å²) in [5.41, 5.74) is 2.14. The van der Waals surface area contributed by atoms with Crippen LogP contribution in [0.2, 0.25) is 5.02 Å². The molecule has 3 rings (SSSR count). The Morgan fingerprint density at radius 2 is 1.81 bits per heavy atom. The Bertz CT molecular complexity index is 922. The topological polar surface area (TPSA) is 64.1 Å². The van der Waals surface area contributed by atoms with Crippen molar-refractivity contribution in [3.63, 3.8) is 0 Å². The first kappa shape index (κ1) is 19.2. The second-order valence-corrected chi connectivity index (χ2v) is 6.79. The minimum Gasteiger partial charge on any atom is -0.489 e. The van der Waals surface area contributed by atoms with Gasteiger partial charge in [0.1, 0.15) is 12.4 Å². The predicted molar refractivity (Wildman–Crippen MR) is 107 cm³/mol. The van der Waals surface area contributed by atoms with E-state index in [-0.39, 0.29) is 16.6 Å². The molecule has 5 nitrogen and oxygen atoms in total. The fourth-order valence-electron chi connectivity index (χ4n) is 2.42. The van der Waals surface area contributed by atoms with Crippen LogP contribution in [0.1, 0.15) is 21.6 Å². The number of hydrogen-bond donors (Lipinski definition) is 1. The van der Waals surface area contributed by atoms with Gasteiger partial charge >= 0.3 is 0 Å². The monoisotopic (exact) mass is 399 g/mol. The maximum Gasteiger partial charge on any atom is 0.271 e. The number of nitrogens with one attached hydrogen (secondary N) is 1. The van der Waals surface area contributed by atoms with E-state index < -0.39 is 0 Å². The minimum absolute atomic E-state index is 0.175. The summed E-state index contributed by atoms with van der Waals surface area (Å²) in [7, 11) is 0. The predicted octanol–water partition coefficient (Wildman–Crippen LogP) is 4.36. The van der Waals surface area contributed by atoms with Crippen molar-refractivity contribution >= 4 is 29.3 Å². The van der Waals surface area contributed by atoms with Gasteiger partial charge < -0.3 is 10.1 Å². The van der Waals surface area contributed by atoms with Gasteiger partial charge in [-0.15, -0.1) is 0 Å². The van der Waals surface area contributed by atoms with Crippen molar-refractivity contribution in [2.45, 2.75) is 18.3 Å². The van der Waals surface area contributed by atoms with Crippen molar-refractivity contribution in [2.75, 3.05) is 6.26 Å². The van der Waals surface area contributed by atoms with E-state index in [1.165, 1.54) is 18.0 Å². The number of nitrogens with zero attached hydrogens (tertiary/aromatic N) is 2. The number of amides is 1. The third kappa shape index (κ3) is 5.21. The van der Waals surface area contributed by atoms with Crippen molar-refractivity contribution < 1.29 is 9.53 Å². The van der Waals surface area contributed by atoms with Crippen molar-refractivity contribution in [1.82, 2.24) is 15.3 Å². The summed E-state index contributed by atoms with van der Waals surface area (Å²) in [5, 5.41) is 3.60. The molecule has 1 amide bonds. The van der Waals surface area contributed by atoms with E-state index in [1.54, 1.807) is 0 Å². The fraction of sp³-hybridized carbons (Fsp3) is 0.150. The second kappa shape index (κ2) is 9.39. The number of ether oxygens (including phenoxy) is 1. The number of carbonyl (C=O) groups excluding carboxylic acids is 1. The van der Waals surface area contributed by atoms with Crippen LogP contribution in [0.25, 0.3) is 0 Å². The van der Waals surface area contributed by atoms with Crippen molar-refractivity contribution in [1.29, 1.82) is 0 Å². The van der Waals surface area contributed by atoms with E-state index in [2.05, 4.69) is 15.3 Å². The lowest BCUT2D eigenvalue weighted by atomic mass is 10.1. The summed E-state index contributed by atoms with van der Waals surface area (Å²) in [4.78, 5) is 20.7. The Morgan fingerprint density at radius 1 is 1.11 bits per heavy atom. The Labute approximate surface area is 167 Å². The lowest BCUT2D eigenvalue weighted by Crippen LogP contribution is -2.25. The number of hydrogen-bond acceptors (Lipinski definition) is 5. The Morgan fingerprint density at radius 3 is 2.56 bits per heavy atom. The summed E-state index contributed by atoms with van der Waals surface area (Å²) >= 11 is 7.42. The first-order chi connectivity index (χ1) is 13.2. The van der Waals surface area contributed by atoms with Crippen LogP contribution in [-0.4, -0.2) is 22.1 Å². The number of halogens is 1. The Hall–Kier alpha value is -2.57. The highest BCUT2D eigenvalue weighted by molar-refractivity contribution is 7.98. The smallest absolute Gasteiger partial charge is 0.271 e. The second-order valence-electron chi connectivity index (χ2n) is 5.61. The van der Waals surface area contributed by atoms with E-state index in [9.17, 15) is 4.79 Å². The lowest BCUT2D eigenvalue weighted by molar-refractivity contribution is 0.0945. The molecule has 0 aliphatic heterocycles. The molecule has 0 saturated heterocycles. The zero-order valence-electron chi connectivity index (χ0n) is 14.7. The maximum atomic E-state index is 12.5. The Balaban J connectivity index is 1.67. The van der Waals surface area contributed by atoms with Gasteiger partial charge in [0.25, 0.3) is 5.91 Å². The van der Waals surface area contributed by atoms with E-state index in [0.717, 1.165) is 16.9 Å². The molecule has 0 unspecified atom stereocenters. The van der Waals surface area contributed by atoms with E-state index >= 15 is 0 Å². The van der Waals surface area contributed by atoms with Gasteiger partial charge in [-0.25, -0.2) is 9.97 Å². The number of benzene rings is 2. The summed E-state index contributed by atoms with van der Waals surface area (Å²) in [6.45, 7) is 0.767. The Kier molecular flexibility index (Phi) is 6.68. The number of rotatable bonds is 7. The molecule has 1 heterocycles. The van der Waals surface area contributed by atoms with Gasteiger partial charge in [0.05, 0.1) is 11.2 Å². The van der Waals surface area contributed by atoms with E-state index in [1.807, 2.05) is 60.9 Å². The fourth-order valence-corrected chi connectivity index (χ4v) is 2.93. The van der Waals surface area contributed by atoms with Gasteiger partial charge in [-0.2, -0.15) is 0 Å². The number of aromatic nitrogens is 2. The molecular weight excluding hydrogens is 382 g/mol. The molecular formula is C20H18ClN3O2S. The number of thioether (sulfide) groups is 1. The highest BCUT2D eigenvalue weighted by Gasteiger charge is 2.14. The summed E-state index contributed by atoms with van der Waals surface area (Å²) in [5.74, 6) is 0.463. The van der Waals surface area contributed by atoms with Crippen LogP contribution in [0.15, 0.2) is 66.0 Å². The summed E-state index contributed by atoms with van der Waals surface area (Å²) in [6, 6.07) is 17.4. The van der Waals surface area contributed by atoms with Crippen molar-refractivity contribution in [3.8, 4) is 5.75 Å². The molecule has 0 aliphatic rings. The summed E-state index contributed by atoms with van der Waals surface area (Å²) < 4.78 is 5.82. The van der Waals surface area contributed by atoms with Crippen molar-refractivity contribution in [2.24, 2.45) is 0 Å². The van der Waals surface area contributed by atoms with Crippen LogP contribution in [0, 0.1) is 0 Å². The van der Waals surface area contributed by atoms with Crippen LogP contribution in [0.5, 0.6) is 5.75 Å². The highest BCUT2D eigenvalue weighted by atomic mass is 35.5. The van der Waals surface area contributed by atoms with Gasteiger partial charge in [-0.3, -0.25) is 4.79 Å². The quantitative estimate of drug-likeness (QED) is 0.472. The van der Waals surface area contributed by atoms with Gasteiger partial charge in [-0.1, -0.05) is 65.8 Å². The largest absolute Gasteiger partial charge is 0.489 e. The van der Waals surface area contributed by atoms with Crippen LogP contribution in [-0.2, 0) is 13.2 Å². The first-order valence-corrected chi connectivity index (χ1v) is 9.87. The average Bonchev–Trinajstić information content (AvgIpc) is 2.72. The highest BCUT2D eigenvalue weighted by Crippen LogP contribution is 2.18. The van der Waals surface area contributed by atoms with Gasteiger partial charge in [0.2, 0.25) is 0 Å². The van der Waals surface area contributed by atoms with E-state index in [0.29, 0.717) is 18.3 Å². The van der Waals surface area contributed by atoms with Gasteiger partial charge in [-0.05, 0) is 29.5 Å². The van der Waals surface area contributed by atoms with Crippen LogP contribution in [0.3, 0.4) is 0 Å². The molecule has 27 heavy (non-hydrogen) atoms. The standard InChI is InChI=1S/C20H18ClN3O2S/c1-27-20-23-12-17(21)18(24-20)19(25)22-11-14-7-5-6-8-15(14)13-26-16-9-3-2-4-10-16/h2-10,12H,11,13H2,1H3,(H,22,25). The van der Waals surface area contributed by atoms with Crippen LogP contribution < -0.4 is 10.1 Å². The first-order valence-electron chi connectivity index (χ1n) is 8.26. The molecule has 7 heteroatoms. The third-order valence-corrected chi connectivity index (χ3v) is 4.65. The molecule has 0 bridgehead atoms. The zero-order chi connectivity index (χ0) is 19.1. The number of para-hydroxylation sites is 1. The molecule has 0 atom stereocenters. The molecule has 0 radical (unpaired) electrons. The minimum atomic E-state index is -0.337. The van der Waals surface area contributed by atoms with Gasteiger partial charge in [0.15, 0.2) is 10.9 Å². The van der Waals surface area contributed by atoms with Crippen molar-refractivity contribution in [3.05, 3.63) is 82.6 Å². The zero-order valence-corrected chi connectivity index (χ0v) is 16.3. The average molecular weight is 400 g/mol. The normalized spacial score (nSPS) is 10.4. The van der Waals surface area contributed by atoms with E-state index in [4.69, 9.17) is 16.3 Å². The maximum absolute atomic E-state index is 12.5. The molecule has 0 fully saturated rings. The molecule has 2 aromatic carbocycles. The number of carbonyl (C=O) groups is 1. The molecule has 0 saturated carbocycles. The molecule has 3 aromatic rings. The summed E-state index contributed by atoms with van der Waals surface area (Å²) in [6.07, 6.45) is 3.28. The molecule has 0 spiro atoms. The SMILES string of the molecule is CSc1ncc(Cl)c(C(=O)NCc2ccccc2COc2ccccc2)n1. The molecule has 1 N–H and O–H groups in total. The van der Waals surface area contributed by atoms with Crippen LogP contribution in [0.4, 0.5) is 0 Å². The van der Waals surface area contributed by atoms with Gasteiger partial charge in [0, 0.05) is 6.54 Å². The molecule has 0 aliphatic carbocycles. The molecule has 138 valence electrons. The van der Waals surface area contributed by atoms with Crippen LogP contribution >= 0.6 is 23.4 Å². The lowest BCUT2D eigenvalue weighted by Gasteiger charge is -2.12. The molecule has 1 aromatic heterocycles.